The van der Waals surface area contributed by atoms with Gasteiger partial charge in [-0.15, -0.1) is 11.3 Å². The van der Waals surface area contributed by atoms with Crippen LogP contribution in [0.25, 0.3) is 10.2 Å². The summed E-state index contributed by atoms with van der Waals surface area (Å²) in [4.78, 5) is 25.4. The van der Waals surface area contributed by atoms with Gasteiger partial charge in [0, 0.05) is 11.9 Å². The average Bonchev–Trinajstić information content (AvgIpc) is 3.27. The number of hydrogen-bond donors (Lipinski definition) is 1. The minimum Gasteiger partial charge on any atom is -0.451 e. The molecular weight excluding hydrogens is 393 g/mol. The summed E-state index contributed by atoms with van der Waals surface area (Å²) in [7, 11) is 0. The number of rotatable bonds is 9. The largest absolute Gasteiger partial charge is 0.451 e. The van der Waals surface area contributed by atoms with Gasteiger partial charge in [-0.2, -0.15) is 5.10 Å². The van der Waals surface area contributed by atoms with Crippen LogP contribution in [0, 0.1) is 12.7 Å². The number of fused-ring (bicyclic) bond motifs is 1. The maximum atomic E-state index is 13.1. The summed E-state index contributed by atoms with van der Waals surface area (Å²) in [5, 5.41) is 8.12. The van der Waals surface area contributed by atoms with Crippen molar-refractivity contribution < 1.29 is 18.7 Å². The molecule has 1 amide bonds. The zero-order valence-electron chi connectivity index (χ0n) is 16.5. The lowest BCUT2D eigenvalue weighted by Crippen LogP contribution is -2.29. The Hall–Kier alpha value is -2.74. The Bertz CT molecular complexity index is 995. The van der Waals surface area contributed by atoms with Gasteiger partial charge >= 0.3 is 5.97 Å². The lowest BCUT2D eigenvalue weighted by atomic mass is 10.2. The van der Waals surface area contributed by atoms with Crippen molar-refractivity contribution in [2.45, 2.75) is 39.7 Å². The number of carbonyl (C=O) groups is 2. The second kappa shape index (κ2) is 9.65. The first-order chi connectivity index (χ1) is 14.0. The fourth-order valence-corrected chi connectivity index (χ4v) is 3.99. The van der Waals surface area contributed by atoms with Crippen LogP contribution in [0.2, 0.25) is 0 Å². The number of nitrogens with one attached hydrogen (secondary N) is 1. The summed E-state index contributed by atoms with van der Waals surface area (Å²) < 4.78 is 20.0. The molecule has 29 heavy (non-hydrogen) atoms. The van der Waals surface area contributed by atoms with Crippen LogP contribution < -0.4 is 5.32 Å². The minimum absolute atomic E-state index is 0.286. The molecule has 1 aromatic carbocycles. The SMILES string of the molecule is CCCCCNC(=O)COC(=O)c1cc2c(C)nn(Cc3ccc(F)cc3)c2s1. The van der Waals surface area contributed by atoms with E-state index < -0.39 is 5.97 Å². The van der Waals surface area contributed by atoms with Gasteiger partial charge in [0.2, 0.25) is 0 Å². The highest BCUT2D eigenvalue weighted by molar-refractivity contribution is 7.20. The second-order valence-electron chi connectivity index (χ2n) is 6.83. The van der Waals surface area contributed by atoms with Gasteiger partial charge in [0.1, 0.15) is 15.5 Å². The fraction of sp³-hybridized carbons (Fsp3) is 0.381. The highest BCUT2D eigenvalue weighted by Crippen LogP contribution is 2.29. The second-order valence-corrected chi connectivity index (χ2v) is 7.86. The average molecular weight is 418 g/mol. The van der Waals surface area contributed by atoms with Crippen molar-refractivity contribution in [1.82, 2.24) is 15.1 Å². The van der Waals surface area contributed by atoms with E-state index in [9.17, 15) is 14.0 Å². The number of ether oxygens (including phenoxy) is 1. The van der Waals surface area contributed by atoms with E-state index in [0.29, 0.717) is 18.0 Å². The van der Waals surface area contributed by atoms with E-state index in [1.54, 1.807) is 22.9 Å². The van der Waals surface area contributed by atoms with E-state index in [1.165, 1.54) is 23.5 Å². The summed E-state index contributed by atoms with van der Waals surface area (Å²) in [6, 6.07) is 7.98. The van der Waals surface area contributed by atoms with Gasteiger partial charge in [0.15, 0.2) is 6.61 Å². The smallest absolute Gasteiger partial charge is 0.348 e. The number of nitrogens with zero attached hydrogens (tertiary/aromatic N) is 2. The molecule has 3 aromatic rings. The van der Waals surface area contributed by atoms with Gasteiger partial charge in [-0.05, 0) is 37.1 Å². The summed E-state index contributed by atoms with van der Waals surface area (Å²) >= 11 is 1.27. The topological polar surface area (TPSA) is 73.2 Å². The van der Waals surface area contributed by atoms with E-state index in [4.69, 9.17) is 4.74 Å². The standard InChI is InChI=1S/C21H24FN3O3S/c1-3-4-5-10-23-19(26)13-28-21(27)18-11-17-14(2)24-25(20(17)29-18)12-15-6-8-16(22)9-7-15/h6-9,11H,3-5,10,12-13H2,1-2H3,(H,23,26). The number of benzene rings is 1. The number of thiophene rings is 1. The van der Waals surface area contributed by atoms with Crippen molar-refractivity contribution in [3.8, 4) is 0 Å². The summed E-state index contributed by atoms with van der Waals surface area (Å²) in [6.45, 7) is 4.73. The number of aromatic nitrogens is 2. The molecule has 0 aliphatic heterocycles. The maximum Gasteiger partial charge on any atom is 0.348 e. The van der Waals surface area contributed by atoms with Crippen LogP contribution in [0.5, 0.6) is 0 Å². The fourth-order valence-electron chi connectivity index (χ4n) is 2.94. The molecule has 1 N–H and O–H groups in total. The van der Waals surface area contributed by atoms with Gasteiger partial charge in [0.25, 0.3) is 5.91 Å². The summed E-state index contributed by atoms with van der Waals surface area (Å²) in [5.74, 6) is -1.11. The van der Waals surface area contributed by atoms with Crippen molar-refractivity contribution in [2.75, 3.05) is 13.2 Å². The number of aryl methyl sites for hydroxylation is 1. The Labute approximate surface area is 172 Å². The molecule has 2 aromatic heterocycles. The molecule has 0 unspecified atom stereocenters. The van der Waals surface area contributed by atoms with E-state index in [-0.39, 0.29) is 18.3 Å². The number of hydrogen-bond acceptors (Lipinski definition) is 5. The first-order valence-electron chi connectivity index (χ1n) is 9.63. The van der Waals surface area contributed by atoms with Gasteiger partial charge in [-0.25, -0.2) is 9.18 Å². The molecule has 3 rings (SSSR count). The molecule has 8 heteroatoms. The van der Waals surface area contributed by atoms with E-state index in [0.717, 1.165) is 40.7 Å². The molecule has 0 radical (unpaired) electrons. The van der Waals surface area contributed by atoms with E-state index >= 15 is 0 Å². The molecule has 2 heterocycles. The monoisotopic (exact) mass is 417 g/mol. The maximum absolute atomic E-state index is 13.1. The van der Waals surface area contributed by atoms with Crippen LogP contribution in [0.15, 0.2) is 30.3 Å². The molecule has 154 valence electrons. The Balaban J connectivity index is 1.64. The van der Waals surface area contributed by atoms with Crippen molar-refractivity contribution in [3.63, 3.8) is 0 Å². The Morgan fingerprint density at radius 3 is 2.72 bits per heavy atom. The first kappa shape index (κ1) is 21.0. The molecule has 0 fully saturated rings. The zero-order chi connectivity index (χ0) is 20.8. The predicted octanol–water partition coefficient (Wildman–Crippen LogP) is 4.06. The minimum atomic E-state index is -0.525. The van der Waals surface area contributed by atoms with Crippen LogP contribution in [0.1, 0.15) is 47.1 Å². The lowest BCUT2D eigenvalue weighted by Gasteiger charge is -2.05. The van der Waals surface area contributed by atoms with Crippen LogP contribution in [-0.2, 0) is 16.1 Å². The van der Waals surface area contributed by atoms with E-state index in [1.807, 2.05) is 6.92 Å². The number of halogens is 1. The number of esters is 1. The number of unbranched alkanes of at least 4 members (excludes halogenated alkanes) is 2. The molecule has 0 aliphatic rings. The third kappa shape index (κ3) is 5.41. The molecular formula is C21H24FN3O3S. The quantitative estimate of drug-likeness (QED) is 0.421. The third-order valence-electron chi connectivity index (χ3n) is 4.49. The van der Waals surface area contributed by atoms with Crippen LogP contribution >= 0.6 is 11.3 Å². The molecule has 0 atom stereocenters. The summed E-state index contributed by atoms with van der Waals surface area (Å²) in [5.41, 5.74) is 1.71. The van der Waals surface area contributed by atoms with Gasteiger partial charge in [-0.3, -0.25) is 9.48 Å². The predicted molar refractivity (Wildman–Crippen MR) is 111 cm³/mol. The van der Waals surface area contributed by atoms with Crippen molar-refractivity contribution in [3.05, 3.63) is 52.3 Å². The van der Waals surface area contributed by atoms with Gasteiger partial charge in [0.05, 0.1) is 12.2 Å². The zero-order valence-corrected chi connectivity index (χ0v) is 17.4. The molecule has 0 saturated carbocycles. The number of carbonyl (C=O) groups excluding carboxylic acids is 2. The van der Waals surface area contributed by atoms with Crippen LogP contribution in [-0.4, -0.2) is 34.8 Å². The molecule has 0 spiro atoms. The van der Waals surface area contributed by atoms with Crippen molar-refractivity contribution in [2.24, 2.45) is 0 Å². The van der Waals surface area contributed by atoms with Crippen molar-refractivity contribution >= 4 is 33.4 Å². The summed E-state index contributed by atoms with van der Waals surface area (Å²) in [6.07, 6.45) is 3.04. The van der Waals surface area contributed by atoms with Crippen LogP contribution in [0.4, 0.5) is 4.39 Å². The Morgan fingerprint density at radius 2 is 2.00 bits per heavy atom. The van der Waals surface area contributed by atoms with Gasteiger partial charge < -0.3 is 10.1 Å². The molecule has 0 bridgehead atoms. The molecule has 0 saturated heterocycles. The van der Waals surface area contributed by atoms with E-state index in [2.05, 4.69) is 17.3 Å². The molecule has 0 aliphatic carbocycles. The molecule has 6 nitrogen and oxygen atoms in total. The highest BCUT2D eigenvalue weighted by Gasteiger charge is 2.18. The highest BCUT2D eigenvalue weighted by atomic mass is 32.1. The van der Waals surface area contributed by atoms with Crippen LogP contribution in [0.3, 0.4) is 0 Å². The lowest BCUT2D eigenvalue weighted by molar-refractivity contribution is -0.124. The third-order valence-corrected chi connectivity index (χ3v) is 5.62. The Kier molecular flexibility index (Phi) is 6.98. The van der Waals surface area contributed by atoms with Crippen molar-refractivity contribution in [1.29, 1.82) is 0 Å². The number of amides is 1. The Morgan fingerprint density at radius 1 is 1.24 bits per heavy atom. The normalized spacial score (nSPS) is 11.0. The van der Waals surface area contributed by atoms with Gasteiger partial charge in [-0.1, -0.05) is 31.9 Å². The first-order valence-corrected chi connectivity index (χ1v) is 10.4.